The molecule has 2 amide bonds. The summed E-state index contributed by atoms with van der Waals surface area (Å²) in [5.74, 6) is -0.614. The Morgan fingerprint density at radius 3 is 2.55 bits per heavy atom. The number of hydrazine groups is 1. The van der Waals surface area contributed by atoms with Crippen LogP contribution in [0.4, 0.5) is 10.1 Å². The van der Waals surface area contributed by atoms with E-state index in [1.165, 1.54) is 0 Å². The van der Waals surface area contributed by atoms with Crippen LogP contribution in [0.5, 0.6) is 0 Å². The summed E-state index contributed by atoms with van der Waals surface area (Å²) < 4.78 is 14.6. The van der Waals surface area contributed by atoms with Crippen LogP contribution in [0.1, 0.15) is 25.7 Å². The number of amides is 2. The fourth-order valence-electron chi connectivity index (χ4n) is 5.59. The summed E-state index contributed by atoms with van der Waals surface area (Å²) in [6, 6.07) is 7.78. The summed E-state index contributed by atoms with van der Waals surface area (Å²) in [5.41, 5.74) is 7.42. The first kappa shape index (κ1) is 21.0. The molecular formula is C22H29ClFN5O2. The van der Waals surface area contributed by atoms with E-state index in [0.717, 1.165) is 31.6 Å². The van der Waals surface area contributed by atoms with Crippen LogP contribution in [0.15, 0.2) is 24.3 Å². The number of hydrogen-bond donors (Lipinski definition) is 2. The van der Waals surface area contributed by atoms with Gasteiger partial charge in [0.2, 0.25) is 11.8 Å². The molecule has 4 aliphatic rings. The minimum Gasteiger partial charge on any atom is -0.368 e. The van der Waals surface area contributed by atoms with Crippen LogP contribution in [0.3, 0.4) is 0 Å². The second-order valence-corrected chi connectivity index (χ2v) is 9.54. The first-order valence-corrected chi connectivity index (χ1v) is 11.6. The molecule has 3 saturated heterocycles. The fourth-order valence-corrected chi connectivity index (χ4v) is 5.72. The molecular weight excluding hydrogens is 421 g/mol. The smallest absolute Gasteiger partial charge is 0.228 e. The molecule has 31 heavy (non-hydrogen) atoms. The Morgan fingerprint density at radius 2 is 1.81 bits per heavy atom. The van der Waals surface area contributed by atoms with E-state index in [1.54, 1.807) is 4.90 Å². The van der Waals surface area contributed by atoms with Gasteiger partial charge in [0.15, 0.2) is 0 Å². The molecule has 1 aliphatic carbocycles. The van der Waals surface area contributed by atoms with Crippen LogP contribution in [-0.2, 0) is 9.59 Å². The van der Waals surface area contributed by atoms with Gasteiger partial charge in [0.25, 0.3) is 0 Å². The number of carbonyl (C=O) groups excluding carboxylic acids is 2. The van der Waals surface area contributed by atoms with Crippen LogP contribution in [0.2, 0.25) is 5.02 Å². The molecule has 9 heteroatoms. The van der Waals surface area contributed by atoms with E-state index in [4.69, 9.17) is 11.6 Å². The van der Waals surface area contributed by atoms with Crippen LogP contribution < -0.4 is 15.8 Å². The predicted octanol–water partition coefficient (Wildman–Crippen LogP) is 1.78. The molecule has 5 rings (SSSR count). The number of hydrogen-bond acceptors (Lipinski definition) is 5. The molecule has 5 unspecified atom stereocenters. The molecule has 168 valence electrons. The Balaban J connectivity index is 1.19. The molecule has 1 aromatic rings. The summed E-state index contributed by atoms with van der Waals surface area (Å²) in [6.45, 7) is 3.13. The van der Waals surface area contributed by atoms with Gasteiger partial charge < -0.3 is 14.7 Å². The number of halogens is 2. The number of likely N-dealkylation sites (tertiary alicyclic amines) is 1. The second-order valence-electron chi connectivity index (χ2n) is 9.10. The number of alkyl halides is 1. The van der Waals surface area contributed by atoms with Crippen LogP contribution in [0.25, 0.3) is 0 Å². The number of carbonyl (C=O) groups is 2. The number of fused-ring (bicyclic) bond motifs is 1. The van der Waals surface area contributed by atoms with Gasteiger partial charge in [0.05, 0.1) is 5.92 Å². The Bertz CT molecular complexity index is 832. The number of anilines is 1. The minimum atomic E-state index is -0.922. The first-order chi connectivity index (χ1) is 15.0. The zero-order valence-electron chi connectivity index (χ0n) is 17.5. The van der Waals surface area contributed by atoms with Crippen molar-refractivity contribution in [1.82, 2.24) is 20.7 Å². The van der Waals surface area contributed by atoms with E-state index in [0.29, 0.717) is 31.1 Å². The lowest BCUT2D eigenvalue weighted by Gasteiger charge is -2.37. The Labute approximate surface area is 186 Å². The molecule has 4 fully saturated rings. The molecule has 7 nitrogen and oxygen atoms in total. The Hall–Kier alpha value is -1.90. The maximum atomic E-state index is 14.6. The number of piperazine rings is 1. The summed E-state index contributed by atoms with van der Waals surface area (Å²) in [6.07, 6.45) is 1.24. The SMILES string of the molecule is O=C(C1CC(=O)N(C2NNC3CCCC(F)C32)C1)N1CCN(c2ccc(Cl)cc2)CC1. The zero-order valence-corrected chi connectivity index (χ0v) is 18.2. The first-order valence-electron chi connectivity index (χ1n) is 11.2. The number of nitrogens with one attached hydrogen (secondary N) is 2. The van der Waals surface area contributed by atoms with Crippen molar-refractivity contribution in [3.8, 4) is 0 Å². The number of benzene rings is 1. The lowest BCUT2D eigenvalue weighted by atomic mass is 9.82. The van der Waals surface area contributed by atoms with E-state index >= 15 is 0 Å². The lowest BCUT2D eigenvalue weighted by molar-refractivity contribution is -0.136. The third-order valence-corrected chi connectivity index (χ3v) is 7.54. The molecule has 5 atom stereocenters. The Morgan fingerprint density at radius 1 is 1.06 bits per heavy atom. The molecule has 1 saturated carbocycles. The highest BCUT2D eigenvalue weighted by Gasteiger charge is 2.50. The molecule has 0 radical (unpaired) electrons. The van der Waals surface area contributed by atoms with Crippen LogP contribution in [-0.4, -0.2) is 72.7 Å². The summed E-state index contributed by atoms with van der Waals surface area (Å²) >= 11 is 5.97. The van der Waals surface area contributed by atoms with Crippen LogP contribution >= 0.6 is 11.6 Å². The van der Waals surface area contributed by atoms with Gasteiger partial charge in [0.1, 0.15) is 12.3 Å². The fraction of sp³-hybridized carbons (Fsp3) is 0.636. The normalized spacial score (nSPS) is 33.7. The molecule has 2 N–H and O–H groups in total. The monoisotopic (exact) mass is 449 g/mol. The van der Waals surface area contributed by atoms with Crippen molar-refractivity contribution in [3.05, 3.63) is 29.3 Å². The van der Waals surface area contributed by atoms with Crippen molar-refractivity contribution in [2.24, 2.45) is 11.8 Å². The van der Waals surface area contributed by atoms with Crippen molar-refractivity contribution < 1.29 is 14.0 Å². The van der Waals surface area contributed by atoms with Gasteiger partial charge in [-0.15, -0.1) is 0 Å². The van der Waals surface area contributed by atoms with E-state index in [2.05, 4.69) is 15.8 Å². The maximum absolute atomic E-state index is 14.6. The summed E-state index contributed by atoms with van der Waals surface area (Å²) in [7, 11) is 0. The predicted molar refractivity (Wildman–Crippen MR) is 116 cm³/mol. The quantitative estimate of drug-likeness (QED) is 0.736. The highest BCUT2D eigenvalue weighted by molar-refractivity contribution is 6.30. The van der Waals surface area contributed by atoms with Gasteiger partial charge >= 0.3 is 0 Å². The van der Waals surface area contributed by atoms with Gasteiger partial charge in [-0.2, -0.15) is 0 Å². The topological polar surface area (TPSA) is 67.9 Å². The highest BCUT2D eigenvalue weighted by atomic mass is 35.5. The van der Waals surface area contributed by atoms with Crippen molar-refractivity contribution in [2.75, 3.05) is 37.6 Å². The van der Waals surface area contributed by atoms with Crippen molar-refractivity contribution >= 4 is 29.1 Å². The largest absolute Gasteiger partial charge is 0.368 e. The standard InChI is InChI=1S/C22H29ClFN5O2/c23-15-4-6-16(7-5-15)27-8-10-28(11-9-27)22(31)14-12-19(30)29(13-14)21-20-17(24)2-1-3-18(20)25-26-21/h4-7,14,17-18,20-21,25-26H,1-3,8-13H2. The van der Waals surface area contributed by atoms with Gasteiger partial charge in [-0.25, -0.2) is 9.82 Å². The number of nitrogens with zero attached hydrogens (tertiary/aromatic N) is 3. The molecule has 0 spiro atoms. The van der Waals surface area contributed by atoms with E-state index in [1.807, 2.05) is 29.2 Å². The van der Waals surface area contributed by atoms with E-state index in [9.17, 15) is 14.0 Å². The van der Waals surface area contributed by atoms with Gasteiger partial charge in [-0.1, -0.05) is 11.6 Å². The van der Waals surface area contributed by atoms with Gasteiger partial charge in [0, 0.05) is 61.8 Å². The zero-order chi connectivity index (χ0) is 21.5. The van der Waals surface area contributed by atoms with Gasteiger partial charge in [-0.3, -0.25) is 15.0 Å². The molecule has 3 aliphatic heterocycles. The van der Waals surface area contributed by atoms with Crippen molar-refractivity contribution in [3.63, 3.8) is 0 Å². The lowest BCUT2D eigenvalue weighted by Crippen LogP contribution is -2.52. The van der Waals surface area contributed by atoms with Crippen LogP contribution in [0, 0.1) is 11.8 Å². The van der Waals surface area contributed by atoms with Crippen molar-refractivity contribution in [1.29, 1.82) is 0 Å². The van der Waals surface area contributed by atoms with Crippen molar-refractivity contribution in [2.45, 2.75) is 44.1 Å². The minimum absolute atomic E-state index is 0.0366. The molecule has 0 bridgehead atoms. The Kier molecular flexibility index (Phi) is 5.79. The number of rotatable bonds is 3. The second kappa shape index (κ2) is 8.56. The molecule has 3 heterocycles. The third kappa shape index (κ3) is 4.01. The average Bonchev–Trinajstić information content (AvgIpc) is 3.38. The molecule has 0 aromatic heterocycles. The summed E-state index contributed by atoms with van der Waals surface area (Å²) in [5, 5.41) is 0.707. The highest BCUT2D eigenvalue weighted by Crippen LogP contribution is 2.36. The van der Waals surface area contributed by atoms with Gasteiger partial charge in [-0.05, 0) is 43.5 Å². The third-order valence-electron chi connectivity index (χ3n) is 7.29. The average molecular weight is 450 g/mol. The van der Waals surface area contributed by atoms with E-state index < -0.39 is 6.17 Å². The van der Waals surface area contributed by atoms with E-state index in [-0.39, 0.29) is 42.3 Å². The molecule has 1 aromatic carbocycles. The summed E-state index contributed by atoms with van der Waals surface area (Å²) in [4.78, 5) is 31.7. The maximum Gasteiger partial charge on any atom is 0.228 e.